The number of benzene rings is 2. The lowest BCUT2D eigenvalue weighted by molar-refractivity contribution is -0.166. The molecule has 0 amide bonds. The molecule has 234 valence electrons. The molecule has 0 spiro atoms. The third kappa shape index (κ3) is 4.16. The first-order chi connectivity index (χ1) is 21.4. The highest BCUT2D eigenvalue weighted by Crippen LogP contribution is 2.66. The Balaban J connectivity index is 1.24. The predicted octanol–water partition coefficient (Wildman–Crippen LogP) is 3.78. The van der Waals surface area contributed by atoms with Crippen LogP contribution in [-0.4, -0.2) is 89.3 Å². The number of esters is 2. The van der Waals surface area contributed by atoms with Crippen molar-refractivity contribution >= 4 is 22.8 Å². The number of nitrogens with zero attached hydrogens (tertiary/aromatic N) is 1. The average Bonchev–Trinajstić information content (AvgIpc) is 3.70. The van der Waals surface area contributed by atoms with Crippen LogP contribution < -0.4 is 18.9 Å². The molecule has 0 unspecified atom stereocenters. The summed E-state index contributed by atoms with van der Waals surface area (Å²) >= 11 is 0. The van der Waals surface area contributed by atoms with Crippen LogP contribution in [-0.2, 0) is 25.4 Å². The Hall–Kier alpha value is -3.96. The van der Waals surface area contributed by atoms with Gasteiger partial charge in [0.25, 0.3) is 0 Å². The molecule has 1 saturated heterocycles. The molecule has 2 aliphatic carbocycles. The molecule has 8 atom stereocenters. The molecule has 11 nitrogen and oxygen atoms in total. The first-order valence-electron chi connectivity index (χ1n) is 14.9. The van der Waals surface area contributed by atoms with Crippen LogP contribution in [0.3, 0.4) is 0 Å². The summed E-state index contributed by atoms with van der Waals surface area (Å²) in [5.74, 6) is 0.639. The van der Waals surface area contributed by atoms with Crippen molar-refractivity contribution in [2.75, 3.05) is 49.2 Å². The molecular formula is C33H38N2O9. The van der Waals surface area contributed by atoms with Gasteiger partial charge in [0.05, 0.1) is 53.1 Å². The highest BCUT2D eigenvalue weighted by atomic mass is 16.6. The molecular weight excluding hydrogens is 568 g/mol. The lowest BCUT2D eigenvalue weighted by Gasteiger charge is -2.45. The summed E-state index contributed by atoms with van der Waals surface area (Å²) in [4.78, 5) is 33.4. The van der Waals surface area contributed by atoms with Crippen molar-refractivity contribution in [1.82, 2.24) is 9.88 Å². The van der Waals surface area contributed by atoms with Gasteiger partial charge in [-0.3, -0.25) is 9.69 Å². The summed E-state index contributed by atoms with van der Waals surface area (Å²) in [6.07, 6.45) is 0.386. The van der Waals surface area contributed by atoms with E-state index in [1.807, 2.05) is 12.1 Å². The van der Waals surface area contributed by atoms with Crippen LogP contribution in [0.15, 0.2) is 30.3 Å². The highest BCUT2D eigenvalue weighted by Gasteiger charge is 2.73. The van der Waals surface area contributed by atoms with Gasteiger partial charge in [-0.25, -0.2) is 4.79 Å². The second-order valence-electron chi connectivity index (χ2n) is 12.0. The van der Waals surface area contributed by atoms with Crippen LogP contribution in [0.1, 0.15) is 34.1 Å². The molecule has 4 aliphatic rings. The number of carbonyl (C=O) groups excluding carboxylic acids is 2. The maximum absolute atomic E-state index is 13.7. The van der Waals surface area contributed by atoms with E-state index in [-0.39, 0.29) is 41.4 Å². The van der Waals surface area contributed by atoms with Gasteiger partial charge in [0.2, 0.25) is 5.75 Å². The number of methoxy groups -OCH3 is 6. The quantitative estimate of drug-likeness (QED) is 0.380. The third-order valence-electron chi connectivity index (χ3n) is 10.4. The topological polar surface area (TPSA) is 118 Å². The van der Waals surface area contributed by atoms with Gasteiger partial charge >= 0.3 is 11.9 Å². The largest absolute Gasteiger partial charge is 0.497 e. The Kier molecular flexibility index (Phi) is 7.12. The minimum absolute atomic E-state index is 0.0201. The molecule has 3 fully saturated rings. The maximum atomic E-state index is 13.7. The number of piperidine rings is 1. The Morgan fingerprint density at radius 1 is 0.886 bits per heavy atom. The van der Waals surface area contributed by atoms with Crippen LogP contribution in [0.25, 0.3) is 10.9 Å². The molecule has 1 N–H and O–H groups in total. The van der Waals surface area contributed by atoms with Crippen molar-refractivity contribution in [3.63, 3.8) is 0 Å². The summed E-state index contributed by atoms with van der Waals surface area (Å²) in [6, 6.07) is 9.55. The molecule has 2 saturated carbocycles. The van der Waals surface area contributed by atoms with Crippen molar-refractivity contribution in [2.24, 2.45) is 23.7 Å². The van der Waals surface area contributed by atoms with Crippen molar-refractivity contribution in [3.05, 3.63) is 47.2 Å². The normalized spacial score (nSPS) is 30.0. The number of aromatic amines is 1. The predicted molar refractivity (Wildman–Crippen MR) is 158 cm³/mol. The van der Waals surface area contributed by atoms with Gasteiger partial charge in [-0.1, -0.05) is 0 Å². The fraction of sp³-hybridized carbons (Fsp3) is 0.515. The molecule has 11 heteroatoms. The fourth-order valence-electron chi connectivity index (χ4n) is 8.57. The van der Waals surface area contributed by atoms with Gasteiger partial charge < -0.3 is 38.1 Å². The summed E-state index contributed by atoms with van der Waals surface area (Å²) in [5.41, 5.74) is 3.82. The molecule has 3 aromatic rings. The second-order valence-corrected chi connectivity index (χ2v) is 12.0. The number of hydrogen-bond donors (Lipinski definition) is 1. The zero-order chi connectivity index (χ0) is 30.9. The fourth-order valence-corrected chi connectivity index (χ4v) is 8.57. The van der Waals surface area contributed by atoms with E-state index in [1.54, 1.807) is 26.4 Å². The van der Waals surface area contributed by atoms with E-state index in [1.165, 1.54) is 45.1 Å². The lowest BCUT2D eigenvalue weighted by atomic mass is 9.71. The minimum atomic E-state index is -0.655. The lowest BCUT2D eigenvalue weighted by Crippen LogP contribution is -2.51. The first-order valence-corrected chi connectivity index (χ1v) is 14.9. The number of aromatic nitrogens is 1. The second kappa shape index (κ2) is 10.9. The first kappa shape index (κ1) is 28.8. The van der Waals surface area contributed by atoms with Crippen LogP contribution in [0.2, 0.25) is 0 Å². The van der Waals surface area contributed by atoms with Crippen molar-refractivity contribution < 1.29 is 42.7 Å². The zero-order valence-corrected chi connectivity index (χ0v) is 25.7. The molecule has 44 heavy (non-hydrogen) atoms. The number of hydrogen-bond acceptors (Lipinski definition) is 10. The van der Waals surface area contributed by atoms with Crippen molar-refractivity contribution in [2.45, 2.75) is 37.1 Å². The third-order valence-corrected chi connectivity index (χ3v) is 10.4. The number of nitrogens with one attached hydrogen (secondary N) is 1. The van der Waals surface area contributed by atoms with Crippen LogP contribution in [0.4, 0.5) is 0 Å². The van der Waals surface area contributed by atoms with Gasteiger partial charge in [-0.15, -0.1) is 0 Å². The molecule has 0 radical (unpaired) electrons. The molecule has 2 aliphatic heterocycles. The molecule has 0 bridgehead atoms. The standard InChI is InChI=1S/C33H38N2O9/c1-38-16-7-8-17-18-9-10-35-21(27(18)34-20(17)13-16)14-19-24-26(28(24)35)31(30(42-5)25(19)33(37)43-6)44-32(36)15-11-22(39-2)29(41-4)23(12-15)40-3/h7-8,11-13,19,21,24-26,28,30-31,34H,9-10,14H2,1-6H3/t19-,21+,24+,25-,26+,28+,30+,31+/m0/s1. The average molecular weight is 607 g/mol. The van der Waals surface area contributed by atoms with E-state index >= 15 is 0 Å². The van der Waals surface area contributed by atoms with E-state index in [2.05, 4.69) is 16.0 Å². The SMILES string of the molecule is COC(=O)[C@H]1[C@H]2C[C@@H]3c4[nH]c5cc(OC)ccc5c4CCN3[C@@H]3[C@H]2[C@H]3[C@@H](OC(=O)c2cc(OC)c(OC)c(OC)c2)[C@@H]1OC. The van der Waals surface area contributed by atoms with E-state index in [0.29, 0.717) is 17.2 Å². The van der Waals surface area contributed by atoms with Crippen molar-refractivity contribution in [1.29, 1.82) is 0 Å². The minimum Gasteiger partial charge on any atom is -0.497 e. The van der Waals surface area contributed by atoms with E-state index in [9.17, 15) is 9.59 Å². The monoisotopic (exact) mass is 606 g/mol. The van der Waals surface area contributed by atoms with E-state index in [0.717, 1.165) is 30.7 Å². The molecule has 3 heterocycles. The van der Waals surface area contributed by atoms with E-state index < -0.39 is 24.1 Å². The van der Waals surface area contributed by atoms with Crippen LogP contribution >= 0.6 is 0 Å². The number of rotatable bonds is 8. The number of ether oxygens (including phenoxy) is 7. The summed E-state index contributed by atoms with van der Waals surface area (Å²) in [5, 5.41) is 1.21. The molecule has 7 rings (SSSR count). The van der Waals surface area contributed by atoms with Gasteiger partial charge in [-0.05, 0) is 54.5 Å². The molecule has 1 aromatic heterocycles. The Bertz CT molecular complexity index is 1590. The highest BCUT2D eigenvalue weighted by molar-refractivity contribution is 5.91. The number of fused-ring (bicyclic) bond motifs is 7. The van der Waals surface area contributed by atoms with Gasteiger partial charge in [0.15, 0.2) is 11.5 Å². The molecule has 2 aromatic carbocycles. The summed E-state index contributed by atoms with van der Waals surface area (Å²) < 4.78 is 39.5. The summed E-state index contributed by atoms with van der Waals surface area (Å²) in [7, 11) is 9.14. The zero-order valence-electron chi connectivity index (χ0n) is 25.7. The van der Waals surface area contributed by atoms with Gasteiger partial charge in [-0.2, -0.15) is 0 Å². The Morgan fingerprint density at radius 3 is 2.27 bits per heavy atom. The van der Waals surface area contributed by atoms with Crippen molar-refractivity contribution in [3.8, 4) is 23.0 Å². The smallest absolute Gasteiger partial charge is 0.338 e. The Morgan fingerprint density at radius 2 is 1.64 bits per heavy atom. The van der Waals surface area contributed by atoms with E-state index in [4.69, 9.17) is 33.2 Å². The summed E-state index contributed by atoms with van der Waals surface area (Å²) in [6.45, 7) is 0.884. The van der Waals surface area contributed by atoms with Crippen LogP contribution in [0, 0.1) is 23.7 Å². The number of H-pyrrole nitrogens is 1. The van der Waals surface area contributed by atoms with Gasteiger partial charge in [0.1, 0.15) is 18.0 Å². The van der Waals surface area contributed by atoms with Crippen LogP contribution in [0.5, 0.6) is 23.0 Å². The maximum Gasteiger partial charge on any atom is 0.338 e. The number of carbonyl (C=O) groups is 2. The van der Waals surface area contributed by atoms with Gasteiger partial charge in [0, 0.05) is 48.3 Å². The Labute approximate surface area is 255 Å².